The summed E-state index contributed by atoms with van der Waals surface area (Å²) in [6.45, 7) is 0. The molecule has 21 heavy (non-hydrogen) atoms. The average molecular weight is 298 g/mol. The summed E-state index contributed by atoms with van der Waals surface area (Å²) in [5.41, 5.74) is 3.98. The highest BCUT2D eigenvalue weighted by Crippen LogP contribution is 2.19. The molecule has 0 fully saturated rings. The van der Waals surface area contributed by atoms with Crippen molar-refractivity contribution in [2.45, 2.75) is 0 Å². The molecule has 3 rings (SSSR count). The lowest BCUT2D eigenvalue weighted by atomic mass is 10.2. The van der Waals surface area contributed by atoms with Crippen molar-refractivity contribution in [3.05, 3.63) is 53.2 Å². The molecule has 6 heteroatoms. The van der Waals surface area contributed by atoms with E-state index in [2.05, 4.69) is 8.75 Å². The number of fused-ring (bicyclic) bond motifs is 1. The summed E-state index contributed by atoms with van der Waals surface area (Å²) in [6.07, 6.45) is 1.54. The molecule has 1 aromatic heterocycles. The van der Waals surface area contributed by atoms with Crippen molar-refractivity contribution < 1.29 is 4.74 Å². The largest absolute Gasteiger partial charge is 0.618 e. The van der Waals surface area contributed by atoms with Crippen molar-refractivity contribution in [1.29, 1.82) is 0 Å². The Morgan fingerprint density at radius 3 is 2.57 bits per heavy atom. The van der Waals surface area contributed by atoms with E-state index in [1.165, 1.54) is 6.21 Å². The Labute approximate surface area is 126 Å². The molecule has 3 aromatic rings. The van der Waals surface area contributed by atoms with Gasteiger partial charge in [-0.25, -0.2) is 0 Å². The molecule has 0 bridgehead atoms. The Morgan fingerprint density at radius 2 is 1.86 bits per heavy atom. The normalized spacial score (nSPS) is 11.8. The fraction of sp³-hybridized carbons (Fsp3) is 0.133. The molecule has 0 aliphatic rings. The molecule has 0 N–H and O–H groups in total. The lowest BCUT2D eigenvalue weighted by Crippen LogP contribution is -2.08. The van der Waals surface area contributed by atoms with Crippen molar-refractivity contribution in [3.63, 3.8) is 0 Å². The van der Waals surface area contributed by atoms with E-state index in [0.717, 1.165) is 38.8 Å². The van der Waals surface area contributed by atoms with Gasteiger partial charge < -0.3 is 10.1 Å². The quantitative estimate of drug-likeness (QED) is 0.323. The topological polar surface area (TPSA) is 55.1 Å². The van der Waals surface area contributed by atoms with E-state index < -0.39 is 0 Å². The molecule has 5 nitrogen and oxygen atoms in total. The lowest BCUT2D eigenvalue weighted by molar-refractivity contribution is -0.354. The number of aromatic nitrogens is 2. The van der Waals surface area contributed by atoms with Crippen molar-refractivity contribution in [1.82, 2.24) is 8.75 Å². The number of rotatable bonds is 3. The summed E-state index contributed by atoms with van der Waals surface area (Å²) in [7, 11) is 3.93. The van der Waals surface area contributed by atoms with Crippen LogP contribution in [0.15, 0.2) is 42.5 Å². The lowest BCUT2D eigenvalue weighted by Gasteiger charge is -2.12. The highest BCUT2D eigenvalue weighted by molar-refractivity contribution is 7.00. The van der Waals surface area contributed by atoms with Gasteiger partial charge in [0, 0.05) is 31.9 Å². The number of benzene rings is 2. The highest BCUT2D eigenvalue weighted by Gasteiger charge is 2.08. The maximum Gasteiger partial charge on any atom is 0.216 e. The number of anilines is 1. The Bertz CT molecular complexity index is 793. The summed E-state index contributed by atoms with van der Waals surface area (Å²) < 4.78 is 9.26. The van der Waals surface area contributed by atoms with Gasteiger partial charge in [0.15, 0.2) is 6.21 Å². The van der Waals surface area contributed by atoms with Gasteiger partial charge >= 0.3 is 0 Å². The minimum Gasteiger partial charge on any atom is -0.618 e. The molecule has 1 heterocycles. The Kier molecular flexibility index (Phi) is 3.53. The van der Waals surface area contributed by atoms with Gasteiger partial charge in [0.25, 0.3) is 0 Å². The number of hydrogen-bond acceptors (Lipinski definition) is 5. The highest BCUT2D eigenvalue weighted by atomic mass is 32.1. The number of nitrogens with zero attached hydrogens (tertiary/aromatic N) is 4. The molecule has 0 saturated heterocycles. The maximum absolute atomic E-state index is 12.3. The van der Waals surface area contributed by atoms with Crippen LogP contribution in [0.3, 0.4) is 0 Å². The fourth-order valence-corrected chi connectivity index (χ4v) is 2.59. The molecular weight excluding hydrogens is 284 g/mol. The minimum atomic E-state index is 0.584. The van der Waals surface area contributed by atoms with Crippen LogP contribution < -0.4 is 4.90 Å². The van der Waals surface area contributed by atoms with Crippen LogP contribution in [0.25, 0.3) is 11.0 Å². The Balaban J connectivity index is 1.97. The first-order valence-electron chi connectivity index (χ1n) is 6.45. The Morgan fingerprint density at radius 1 is 1.10 bits per heavy atom. The first-order chi connectivity index (χ1) is 10.1. The molecule has 0 aliphatic heterocycles. The van der Waals surface area contributed by atoms with E-state index in [1.807, 2.05) is 49.3 Å². The first-order valence-corrected chi connectivity index (χ1v) is 7.18. The fourth-order valence-electron chi connectivity index (χ4n) is 2.03. The molecule has 0 radical (unpaired) electrons. The van der Waals surface area contributed by atoms with Gasteiger partial charge in [0.2, 0.25) is 5.69 Å². The average Bonchev–Trinajstić information content (AvgIpc) is 2.97. The second kappa shape index (κ2) is 5.49. The van der Waals surface area contributed by atoms with E-state index in [4.69, 9.17) is 0 Å². The third kappa shape index (κ3) is 2.71. The third-order valence-electron chi connectivity index (χ3n) is 3.19. The standard InChI is InChI=1S/C15H14N4OS/c1-18(2)12-6-8-13(9-7-12)19(20)10-11-4-3-5-14-15(11)17-21-16-14/h3-10H,1-2H3/b19-10+. The van der Waals surface area contributed by atoms with Crippen LogP contribution in [0.1, 0.15) is 5.56 Å². The van der Waals surface area contributed by atoms with Crippen LogP contribution in [-0.4, -0.2) is 33.8 Å². The van der Waals surface area contributed by atoms with Crippen LogP contribution in [0.2, 0.25) is 0 Å². The summed E-state index contributed by atoms with van der Waals surface area (Å²) >= 11 is 1.15. The van der Waals surface area contributed by atoms with E-state index in [-0.39, 0.29) is 0 Å². The van der Waals surface area contributed by atoms with Crippen LogP contribution in [-0.2, 0) is 0 Å². The summed E-state index contributed by atoms with van der Waals surface area (Å²) in [5.74, 6) is 0. The second-order valence-corrected chi connectivity index (χ2v) is 5.37. The van der Waals surface area contributed by atoms with E-state index >= 15 is 0 Å². The van der Waals surface area contributed by atoms with Gasteiger partial charge in [0.05, 0.1) is 17.3 Å². The summed E-state index contributed by atoms with van der Waals surface area (Å²) in [4.78, 5) is 1.99. The van der Waals surface area contributed by atoms with Gasteiger partial charge in [-0.05, 0) is 24.3 Å². The molecule has 0 saturated carbocycles. The SMILES string of the molecule is CN(C)c1ccc(/[N+]([O-])=C\c2cccc3nsnc23)cc1. The van der Waals surface area contributed by atoms with E-state index in [1.54, 1.807) is 12.1 Å². The van der Waals surface area contributed by atoms with Crippen molar-refractivity contribution in [3.8, 4) is 0 Å². The van der Waals surface area contributed by atoms with Gasteiger partial charge in [0.1, 0.15) is 11.0 Å². The molecule has 0 aliphatic carbocycles. The van der Waals surface area contributed by atoms with Gasteiger partial charge in [-0.3, -0.25) is 0 Å². The predicted octanol–water partition coefficient (Wildman–Crippen LogP) is 3.02. The van der Waals surface area contributed by atoms with Gasteiger partial charge in [-0.2, -0.15) is 13.5 Å². The number of hydrogen-bond donors (Lipinski definition) is 0. The predicted molar refractivity (Wildman–Crippen MR) is 86.6 cm³/mol. The molecule has 0 amide bonds. The maximum atomic E-state index is 12.3. The van der Waals surface area contributed by atoms with Crippen LogP contribution in [0, 0.1) is 5.21 Å². The van der Waals surface area contributed by atoms with E-state index in [0.29, 0.717) is 5.69 Å². The molecule has 0 atom stereocenters. The molecular formula is C15H14N4OS. The van der Waals surface area contributed by atoms with Crippen molar-refractivity contribution in [2.75, 3.05) is 19.0 Å². The first kappa shape index (κ1) is 13.5. The minimum absolute atomic E-state index is 0.584. The van der Waals surface area contributed by atoms with Crippen LogP contribution >= 0.6 is 11.7 Å². The third-order valence-corrected chi connectivity index (χ3v) is 3.74. The van der Waals surface area contributed by atoms with Gasteiger partial charge in [-0.1, -0.05) is 6.07 Å². The van der Waals surface area contributed by atoms with Crippen LogP contribution in [0.4, 0.5) is 11.4 Å². The molecule has 106 valence electrons. The zero-order valence-corrected chi connectivity index (χ0v) is 12.5. The second-order valence-electron chi connectivity index (χ2n) is 4.84. The molecule has 2 aromatic carbocycles. The van der Waals surface area contributed by atoms with Gasteiger partial charge in [-0.15, -0.1) is 0 Å². The zero-order valence-electron chi connectivity index (χ0n) is 11.7. The molecule has 0 spiro atoms. The van der Waals surface area contributed by atoms with E-state index in [9.17, 15) is 5.21 Å². The summed E-state index contributed by atoms with van der Waals surface area (Å²) in [5, 5.41) is 12.3. The van der Waals surface area contributed by atoms with Crippen LogP contribution in [0.5, 0.6) is 0 Å². The molecule has 0 unspecified atom stereocenters. The summed E-state index contributed by atoms with van der Waals surface area (Å²) in [6, 6.07) is 13.1. The van der Waals surface area contributed by atoms with Crippen molar-refractivity contribution in [2.24, 2.45) is 0 Å². The van der Waals surface area contributed by atoms with Crippen molar-refractivity contribution >= 4 is 40.4 Å². The Hall–Kier alpha value is -2.47. The monoisotopic (exact) mass is 298 g/mol. The smallest absolute Gasteiger partial charge is 0.216 e. The zero-order chi connectivity index (χ0) is 14.8.